The van der Waals surface area contributed by atoms with Gasteiger partial charge in [0.2, 0.25) is 0 Å². The summed E-state index contributed by atoms with van der Waals surface area (Å²) in [4.78, 5) is 11.2. The van der Waals surface area contributed by atoms with Crippen molar-refractivity contribution in [2.24, 2.45) is 0 Å². The molecule has 0 unspecified atom stereocenters. The minimum Gasteiger partial charge on any atom is -0.375 e. The molecule has 0 amide bonds. The number of carbonyl (C=O) groups is 1. The number of rotatable bonds is 4. The highest BCUT2D eigenvalue weighted by atomic mass is 32.2. The van der Waals surface area contributed by atoms with Crippen molar-refractivity contribution in [1.29, 1.82) is 0 Å². The molecule has 24 heavy (non-hydrogen) atoms. The van der Waals surface area contributed by atoms with Crippen LogP contribution < -0.4 is 4.18 Å². The molecule has 0 fully saturated rings. The zero-order valence-corrected chi connectivity index (χ0v) is 14.0. The molecular weight excluding hydrogens is 345 g/mol. The molecule has 0 N–H and O–H groups in total. The second-order valence-corrected chi connectivity index (χ2v) is 6.91. The fourth-order valence-corrected chi connectivity index (χ4v) is 2.93. The van der Waals surface area contributed by atoms with Crippen molar-refractivity contribution in [3.05, 3.63) is 40.5 Å². The van der Waals surface area contributed by atoms with E-state index < -0.39 is 21.4 Å². The van der Waals surface area contributed by atoms with Crippen molar-refractivity contribution < 1.29 is 30.6 Å². The van der Waals surface area contributed by atoms with Crippen molar-refractivity contribution in [3.63, 3.8) is 0 Å². The Morgan fingerprint density at radius 2 is 1.75 bits per heavy atom. The summed E-state index contributed by atoms with van der Waals surface area (Å²) in [6.45, 7) is 5.57. The summed E-state index contributed by atoms with van der Waals surface area (Å²) >= 11 is 0. The first-order valence-corrected chi connectivity index (χ1v) is 8.45. The molecule has 0 saturated carbocycles. The standard InChI is InChI=1S/C16H15F3O4S/c1-4-11-5-9(2)10(3)13-6-12(8-20)15(7-14(11)13)23-24(21,22)16(17,18)19/h5-8H,4H2,1-3H3. The molecule has 0 heterocycles. The molecule has 4 nitrogen and oxygen atoms in total. The third kappa shape index (κ3) is 3.10. The smallest absolute Gasteiger partial charge is 0.375 e. The number of hydrogen-bond acceptors (Lipinski definition) is 4. The lowest BCUT2D eigenvalue weighted by molar-refractivity contribution is -0.0500. The van der Waals surface area contributed by atoms with Crippen LogP contribution in [0.4, 0.5) is 13.2 Å². The van der Waals surface area contributed by atoms with E-state index in [1.54, 1.807) is 0 Å². The number of fused-ring (bicyclic) bond motifs is 1. The summed E-state index contributed by atoms with van der Waals surface area (Å²) < 4.78 is 64.2. The molecule has 130 valence electrons. The van der Waals surface area contributed by atoms with Gasteiger partial charge in [0.25, 0.3) is 0 Å². The summed E-state index contributed by atoms with van der Waals surface area (Å²) in [5, 5.41) is 1.23. The number of halogens is 3. The zero-order chi connectivity index (χ0) is 18.3. The molecule has 0 saturated heterocycles. The number of alkyl halides is 3. The van der Waals surface area contributed by atoms with Gasteiger partial charge in [-0.05, 0) is 59.9 Å². The second kappa shape index (κ2) is 6.08. The number of aryl methyl sites for hydroxylation is 3. The van der Waals surface area contributed by atoms with E-state index >= 15 is 0 Å². The lowest BCUT2D eigenvalue weighted by Crippen LogP contribution is -2.28. The third-order valence-corrected chi connectivity index (χ3v) is 4.84. The van der Waals surface area contributed by atoms with Crippen LogP contribution in [0.25, 0.3) is 10.8 Å². The normalized spacial score (nSPS) is 12.4. The lowest BCUT2D eigenvalue weighted by Gasteiger charge is -2.15. The van der Waals surface area contributed by atoms with E-state index in [9.17, 15) is 26.4 Å². The Labute approximate surface area is 137 Å². The van der Waals surface area contributed by atoms with Crippen LogP contribution in [-0.2, 0) is 16.5 Å². The summed E-state index contributed by atoms with van der Waals surface area (Å²) in [7, 11) is -5.85. The Balaban J connectivity index is 2.77. The first-order chi connectivity index (χ1) is 11.0. The molecule has 8 heteroatoms. The van der Waals surface area contributed by atoms with Gasteiger partial charge in [0.05, 0.1) is 5.56 Å². The Morgan fingerprint density at radius 3 is 2.25 bits per heavy atom. The molecule has 0 spiro atoms. The van der Waals surface area contributed by atoms with Gasteiger partial charge in [-0.2, -0.15) is 21.6 Å². The zero-order valence-electron chi connectivity index (χ0n) is 13.2. The van der Waals surface area contributed by atoms with Gasteiger partial charge in [-0.25, -0.2) is 0 Å². The molecular formula is C16H15F3O4S. The summed E-state index contributed by atoms with van der Waals surface area (Å²) in [5.74, 6) is -0.632. The summed E-state index contributed by atoms with van der Waals surface area (Å²) in [5.41, 5.74) is -3.19. The van der Waals surface area contributed by atoms with E-state index in [-0.39, 0.29) is 11.8 Å². The third-order valence-electron chi connectivity index (χ3n) is 3.87. The van der Waals surface area contributed by atoms with Crippen LogP contribution >= 0.6 is 0 Å². The molecule has 0 aliphatic heterocycles. The van der Waals surface area contributed by atoms with Crippen molar-refractivity contribution in [2.45, 2.75) is 32.7 Å². The maximum atomic E-state index is 12.5. The van der Waals surface area contributed by atoms with Gasteiger partial charge >= 0.3 is 15.6 Å². The molecule has 0 aromatic heterocycles. The molecule has 0 aliphatic rings. The van der Waals surface area contributed by atoms with Crippen molar-refractivity contribution >= 4 is 27.2 Å². The Morgan fingerprint density at radius 1 is 1.12 bits per heavy atom. The Hall–Kier alpha value is -2.09. The molecule has 0 bridgehead atoms. The van der Waals surface area contributed by atoms with Gasteiger partial charge in [0.15, 0.2) is 12.0 Å². The maximum Gasteiger partial charge on any atom is 0.534 e. The number of aldehydes is 1. The van der Waals surface area contributed by atoms with Crippen LogP contribution in [0, 0.1) is 13.8 Å². The van der Waals surface area contributed by atoms with Crippen LogP contribution in [0.15, 0.2) is 18.2 Å². The topological polar surface area (TPSA) is 60.4 Å². The van der Waals surface area contributed by atoms with Crippen LogP contribution in [0.2, 0.25) is 0 Å². The average Bonchev–Trinajstić information content (AvgIpc) is 2.49. The summed E-state index contributed by atoms with van der Waals surface area (Å²) in [6.07, 6.45) is 0.859. The fourth-order valence-electron chi connectivity index (χ4n) is 2.45. The molecule has 2 rings (SSSR count). The molecule has 0 aliphatic carbocycles. The molecule has 0 atom stereocenters. The van der Waals surface area contributed by atoms with Gasteiger partial charge < -0.3 is 4.18 Å². The van der Waals surface area contributed by atoms with E-state index in [0.29, 0.717) is 17.2 Å². The van der Waals surface area contributed by atoms with Crippen molar-refractivity contribution in [3.8, 4) is 5.75 Å². The van der Waals surface area contributed by atoms with Crippen molar-refractivity contribution in [1.82, 2.24) is 0 Å². The minimum atomic E-state index is -5.85. The van der Waals surface area contributed by atoms with E-state index in [0.717, 1.165) is 16.7 Å². The predicted molar refractivity (Wildman–Crippen MR) is 83.8 cm³/mol. The van der Waals surface area contributed by atoms with E-state index in [1.165, 1.54) is 12.1 Å². The fraction of sp³-hybridized carbons (Fsp3) is 0.312. The Kier molecular flexibility index (Phi) is 4.63. The number of benzene rings is 2. The minimum absolute atomic E-state index is 0.258. The molecule has 2 aromatic carbocycles. The summed E-state index contributed by atoms with van der Waals surface area (Å²) in [6, 6.07) is 4.40. The van der Waals surface area contributed by atoms with Gasteiger partial charge in [-0.3, -0.25) is 4.79 Å². The average molecular weight is 360 g/mol. The predicted octanol–water partition coefficient (Wildman–Crippen LogP) is 4.06. The number of carbonyl (C=O) groups excluding carboxylic acids is 1. The monoisotopic (exact) mass is 360 g/mol. The highest BCUT2D eigenvalue weighted by Gasteiger charge is 2.48. The van der Waals surface area contributed by atoms with Gasteiger partial charge in [0, 0.05) is 0 Å². The second-order valence-electron chi connectivity index (χ2n) is 5.37. The number of hydrogen-bond donors (Lipinski definition) is 0. The quantitative estimate of drug-likeness (QED) is 0.469. The van der Waals surface area contributed by atoms with Crippen molar-refractivity contribution in [2.75, 3.05) is 0 Å². The SMILES string of the molecule is CCc1cc(C)c(C)c2cc(C=O)c(OS(=O)(=O)C(F)(F)F)cc12. The highest BCUT2D eigenvalue weighted by Crippen LogP contribution is 2.34. The van der Waals surface area contributed by atoms with Gasteiger partial charge in [-0.1, -0.05) is 13.0 Å². The van der Waals surface area contributed by atoms with E-state index in [1.807, 2.05) is 26.8 Å². The highest BCUT2D eigenvalue weighted by molar-refractivity contribution is 7.88. The van der Waals surface area contributed by atoms with Crippen LogP contribution in [-0.4, -0.2) is 20.2 Å². The van der Waals surface area contributed by atoms with E-state index in [4.69, 9.17) is 0 Å². The first kappa shape index (κ1) is 18.3. The molecule has 2 aromatic rings. The van der Waals surface area contributed by atoms with Gasteiger partial charge in [0.1, 0.15) is 0 Å². The largest absolute Gasteiger partial charge is 0.534 e. The van der Waals surface area contributed by atoms with Crippen LogP contribution in [0.3, 0.4) is 0 Å². The first-order valence-electron chi connectivity index (χ1n) is 7.04. The van der Waals surface area contributed by atoms with Crippen LogP contribution in [0.1, 0.15) is 34.0 Å². The van der Waals surface area contributed by atoms with Crippen LogP contribution in [0.5, 0.6) is 5.75 Å². The van der Waals surface area contributed by atoms with Gasteiger partial charge in [-0.15, -0.1) is 0 Å². The lowest BCUT2D eigenvalue weighted by atomic mass is 9.93. The Bertz CT molecular complexity index is 915. The molecule has 0 radical (unpaired) electrons. The maximum absolute atomic E-state index is 12.5. The van der Waals surface area contributed by atoms with E-state index in [2.05, 4.69) is 4.18 Å².